The zero-order valence-electron chi connectivity index (χ0n) is 13.2. The van der Waals surface area contributed by atoms with Crippen LogP contribution in [0.5, 0.6) is 0 Å². The average molecular weight is 301 g/mol. The first-order valence-electron chi connectivity index (χ1n) is 7.55. The van der Waals surface area contributed by atoms with Gasteiger partial charge in [0.05, 0.1) is 11.7 Å². The van der Waals surface area contributed by atoms with E-state index in [1.54, 1.807) is 11.3 Å². The monoisotopic (exact) mass is 301 g/mol. The number of hydrogen-bond donors (Lipinski definition) is 1. The van der Waals surface area contributed by atoms with Gasteiger partial charge in [0.25, 0.3) is 0 Å². The zero-order chi connectivity index (χ0) is 15.0. The Bertz CT molecular complexity index is 628. The van der Waals surface area contributed by atoms with E-state index in [0.29, 0.717) is 0 Å². The SMILES string of the molecule is CNC(c1ccc2c(c1)CCCN2C)c1nc(C)c(C)s1. The van der Waals surface area contributed by atoms with Crippen LogP contribution >= 0.6 is 11.3 Å². The van der Waals surface area contributed by atoms with Gasteiger partial charge in [-0.05, 0) is 50.9 Å². The van der Waals surface area contributed by atoms with E-state index < -0.39 is 0 Å². The molecule has 0 fully saturated rings. The molecule has 4 heteroatoms. The van der Waals surface area contributed by atoms with Crippen molar-refractivity contribution < 1.29 is 0 Å². The maximum atomic E-state index is 4.73. The number of rotatable bonds is 3. The van der Waals surface area contributed by atoms with Crippen molar-refractivity contribution in [3.05, 3.63) is 44.9 Å². The zero-order valence-corrected chi connectivity index (χ0v) is 14.0. The predicted molar refractivity (Wildman–Crippen MR) is 90.5 cm³/mol. The number of thiazole rings is 1. The van der Waals surface area contributed by atoms with Crippen molar-refractivity contribution >= 4 is 17.0 Å². The number of aromatic nitrogens is 1. The smallest absolute Gasteiger partial charge is 0.115 e. The molecule has 1 N–H and O–H groups in total. The third kappa shape index (κ3) is 2.70. The lowest BCUT2D eigenvalue weighted by Gasteiger charge is -2.28. The molecule has 0 saturated carbocycles. The summed E-state index contributed by atoms with van der Waals surface area (Å²) in [5.41, 5.74) is 5.31. The first-order chi connectivity index (χ1) is 10.1. The quantitative estimate of drug-likeness (QED) is 0.941. The van der Waals surface area contributed by atoms with E-state index in [9.17, 15) is 0 Å². The largest absolute Gasteiger partial charge is 0.374 e. The van der Waals surface area contributed by atoms with E-state index in [1.807, 2.05) is 7.05 Å². The fourth-order valence-corrected chi connectivity index (χ4v) is 4.10. The van der Waals surface area contributed by atoms with Crippen LogP contribution in [0.15, 0.2) is 18.2 Å². The van der Waals surface area contributed by atoms with Crippen molar-refractivity contribution in [3.8, 4) is 0 Å². The third-order valence-corrected chi connectivity index (χ3v) is 5.51. The predicted octanol–water partition coefficient (Wildman–Crippen LogP) is 3.45. The van der Waals surface area contributed by atoms with Crippen LogP contribution < -0.4 is 10.2 Å². The second kappa shape index (κ2) is 5.78. The number of nitrogens with one attached hydrogen (secondary N) is 1. The fraction of sp³-hybridized carbons (Fsp3) is 0.471. The molecule has 2 heterocycles. The lowest BCUT2D eigenvalue weighted by molar-refractivity contribution is 0.679. The second-order valence-corrected chi connectivity index (χ2v) is 7.06. The molecule has 0 saturated heterocycles. The molecule has 1 aromatic heterocycles. The maximum Gasteiger partial charge on any atom is 0.115 e. The van der Waals surface area contributed by atoms with Gasteiger partial charge in [0, 0.05) is 24.2 Å². The van der Waals surface area contributed by atoms with Crippen LogP contribution in [-0.4, -0.2) is 25.6 Å². The Balaban J connectivity index is 1.98. The Hall–Kier alpha value is -1.39. The van der Waals surface area contributed by atoms with E-state index in [1.165, 1.54) is 34.5 Å². The van der Waals surface area contributed by atoms with Gasteiger partial charge < -0.3 is 10.2 Å². The van der Waals surface area contributed by atoms with Gasteiger partial charge in [-0.3, -0.25) is 0 Å². The van der Waals surface area contributed by atoms with Crippen LogP contribution in [0, 0.1) is 13.8 Å². The summed E-state index contributed by atoms with van der Waals surface area (Å²) in [7, 11) is 4.20. The molecule has 21 heavy (non-hydrogen) atoms. The summed E-state index contributed by atoms with van der Waals surface area (Å²) in [5, 5.41) is 4.59. The fourth-order valence-electron chi connectivity index (χ4n) is 3.04. The number of aryl methyl sites for hydroxylation is 3. The minimum Gasteiger partial charge on any atom is -0.374 e. The van der Waals surface area contributed by atoms with Gasteiger partial charge in [-0.1, -0.05) is 12.1 Å². The van der Waals surface area contributed by atoms with Gasteiger partial charge in [-0.15, -0.1) is 11.3 Å². The number of fused-ring (bicyclic) bond motifs is 1. The van der Waals surface area contributed by atoms with Gasteiger partial charge in [0.2, 0.25) is 0 Å². The Kier molecular flexibility index (Phi) is 4.00. The normalized spacial score (nSPS) is 15.9. The molecule has 1 atom stereocenters. The molecule has 0 bridgehead atoms. The van der Waals surface area contributed by atoms with Crippen LogP contribution in [-0.2, 0) is 6.42 Å². The molecule has 0 radical (unpaired) electrons. The molecule has 3 nitrogen and oxygen atoms in total. The molecule has 2 aromatic rings. The Morgan fingerprint density at radius 3 is 2.81 bits per heavy atom. The molecule has 0 amide bonds. The van der Waals surface area contributed by atoms with E-state index in [0.717, 1.165) is 17.2 Å². The lowest BCUT2D eigenvalue weighted by Crippen LogP contribution is -2.25. The first-order valence-corrected chi connectivity index (χ1v) is 8.37. The van der Waals surface area contributed by atoms with Crippen molar-refractivity contribution in [1.82, 2.24) is 10.3 Å². The Labute approximate surface area is 131 Å². The van der Waals surface area contributed by atoms with Crippen molar-refractivity contribution in [2.24, 2.45) is 0 Å². The van der Waals surface area contributed by atoms with Crippen molar-refractivity contribution in [2.45, 2.75) is 32.7 Å². The highest BCUT2D eigenvalue weighted by atomic mass is 32.1. The topological polar surface area (TPSA) is 28.2 Å². The molecular formula is C17H23N3S. The minimum atomic E-state index is 0.194. The standard InChI is InChI=1S/C17H23N3S/c1-11-12(2)21-17(19-11)16(18-3)14-7-8-15-13(10-14)6-5-9-20(15)4/h7-8,10,16,18H,5-6,9H2,1-4H3. The molecule has 1 aliphatic heterocycles. The maximum absolute atomic E-state index is 4.73. The highest BCUT2D eigenvalue weighted by molar-refractivity contribution is 7.11. The van der Waals surface area contributed by atoms with Crippen LogP contribution in [0.3, 0.4) is 0 Å². The van der Waals surface area contributed by atoms with Gasteiger partial charge in [-0.2, -0.15) is 0 Å². The lowest BCUT2D eigenvalue weighted by atomic mass is 9.97. The Morgan fingerprint density at radius 2 is 2.14 bits per heavy atom. The Morgan fingerprint density at radius 1 is 1.33 bits per heavy atom. The van der Waals surface area contributed by atoms with Gasteiger partial charge >= 0.3 is 0 Å². The van der Waals surface area contributed by atoms with Crippen molar-refractivity contribution in [1.29, 1.82) is 0 Å². The van der Waals surface area contributed by atoms with Crippen LogP contribution in [0.25, 0.3) is 0 Å². The number of nitrogens with zero attached hydrogens (tertiary/aromatic N) is 2. The summed E-state index contributed by atoms with van der Waals surface area (Å²) in [6, 6.07) is 7.06. The molecule has 0 spiro atoms. The highest BCUT2D eigenvalue weighted by Gasteiger charge is 2.20. The summed E-state index contributed by atoms with van der Waals surface area (Å²) in [6.07, 6.45) is 2.42. The summed E-state index contributed by atoms with van der Waals surface area (Å²) in [4.78, 5) is 8.39. The van der Waals surface area contributed by atoms with E-state index in [4.69, 9.17) is 4.98 Å². The van der Waals surface area contributed by atoms with E-state index >= 15 is 0 Å². The summed E-state index contributed by atoms with van der Waals surface area (Å²) in [6.45, 7) is 5.39. The highest BCUT2D eigenvalue weighted by Crippen LogP contribution is 2.32. The van der Waals surface area contributed by atoms with E-state index in [2.05, 4.69) is 49.3 Å². The van der Waals surface area contributed by atoms with Gasteiger partial charge in [0.1, 0.15) is 5.01 Å². The third-order valence-electron chi connectivity index (χ3n) is 4.37. The average Bonchev–Trinajstić information content (AvgIpc) is 2.79. The summed E-state index contributed by atoms with van der Waals surface area (Å²) < 4.78 is 0. The molecule has 3 rings (SSSR count). The molecule has 0 aliphatic carbocycles. The van der Waals surface area contributed by atoms with E-state index in [-0.39, 0.29) is 6.04 Å². The van der Waals surface area contributed by atoms with Gasteiger partial charge in [-0.25, -0.2) is 4.98 Å². The summed E-state index contributed by atoms with van der Waals surface area (Å²) in [5.74, 6) is 0. The molecule has 1 aromatic carbocycles. The molecule has 1 unspecified atom stereocenters. The van der Waals surface area contributed by atoms with Crippen LogP contribution in [0.2, 0.25) is 0 Å². The molecule has 112 valence electrons. The van der Waals surface area contributed by atoms with Crippen molar-refractivity contribution in [2.75, 3.05) is 25.5 Å². The molecule has 1 aliphatic rings. The summed E-state index contributed by atoms with van der Waals surface area (Å²) >= 11 is 1.80. The first kappa shape index (κ1) is 14.5. The number of benzene rings is 1. The second-order valence-electron chi connectivity index (χ2n) is 5.83. The van der Waals surface area contributed by atoms with Crippen LogP contribution in [0.4, 0.5) is 5.69 Å². The van der Waals surface area contributed by atoms with Crippen LogP contribution in [0.1, 0.15) is 39.2 Å². The number of anilines is 1. The number of hydrogen-bond acceptors (Lipinski definition) is 4. The minimum absolute atomic E-state index is 0.194. The van der Waals surface area contributed by atoms with Gasteiger partial charge in [0.15, 0.2) is 0 Å². The molecular weight excluding hydrogens is 278 g/mol. The van der Waals surface area contributed by atoms with Crippen molar-refractivity contribution in [3.63, 3.8) is 0 Å².